The van der Waals surface area contributed by atoms with E-state index in [9.17, 15) is 4.39 Å². The van der Waals surface area contributed by atoms with Gasteiger partial charge in [-0.05, 0) is 25.2 Å². The molecule has 14 heavy (non-hydrogen) atoms. The zero-order valence-corrected chi connectivity index (χ0v) is 8.76. The second kappa shape index (κ2) is 3.71. The van der Waals surface area contributed by atoms with Crippen molar-refractivity contribution in [2.75, 3.05) is 0 Å². The Morgan fingerprint density at radius 1 is 1.57 bits per heavy atom. The summed E-state index contributed by atoms with van der Waals surface area (Å²) in [4.78, 5) is 0. The zero-order valence-electron chi connectivity index (χ0n) is 8.76. The molecular formula is C11H16FN2. The molecule has 2 rings (SSSR count). The fourth-order valence-electron chi connectivity index (χ4n) is 1.63. The molecule has 0 atom stereocenters. The third-order valence-electron chi connectivity index (χ3n) is 2.65. The van der Waals surface area contributed by atoms with E-state index >= 15 is 0 Å². The molecule has 1 aromatic heterocycles. The van der Waals surface area contributed by atoms with Gasteiger partial charge in [0.15, 0.2) is 12.0 Å². The fraction of sp³-hybridized carbons (Fsp3) is 0.727. The van der Waals surface area contributed by atoms with E-state index in [0.29, 0.717) is 11.8 Å². The predicted molar refractivity (Wildman–Crippen MR) is 52.5 cm³/mol. The molecule has 1 aliphatic carbocycles. The third kappa shape index (κ3) is 1.97. The lowest BCUT2D eigenvalue weighted by Gasteiger charge is -2.08. The van der Waals surface area contributed by atoms with Crippen LogP contribution in [0, 0.1) is 17.9 Å². The van der Waals surface area contributed by atoms with E-state index in [2.05, 4.69) is 25.1 Å². The van der Waals surface area contributed by atoms with Crippen molar-refractivity contribution >= 4 is 0 Å². The Morgan fingerprint density at radius 2 is 2.29 bits per heavy atom. The van der Waals surface area contributed by atoms with Crippen LogP contribution in [0.5, 0.6) is 0 Å². The van der Waals surface area contributed by atoms with E-state index in [1.165, 1.54) is 0 Å². The van der Waals surface area contributed by atoms with Gasteiger partial charge >= 0.3 is 0 Å². The number of hydrogen-bond donors (Lipinski definition) is 0. The van der Waals surface area contributed by atoms with E-state index in [1.54, 1.807) is 4.68 Å². The molecule has 0 amide bonds. The van der Waals surface area contributed by atoms with Gasteiger partial charge in [-0.3, -0.25) is 4.68 Å². The van der Waals surface area contributed by atoms with Gasteiger partial charge in [0.05, 0.1) is 5.69 Å². The molecule has 1 aliphatic rings. The molecule has 1 fully saturated rings. The largest absolute Gasteiger partial charge is 0.266 e. The Balaban J connectivity index is 2.08. The van der Waals surface area contributed by atoms with Crippen LogP contribution in [0.4, 0.5) is 4.39 Å². The van der Waals surface area contributed by atoms with Crippen LogP contribution in [0.1, 0.15) is 44.7 Å². The first-order valence-corrected chi connectivity index (χ1v) is 5.32. The first-order chi connectivity index (χ1) is 6.68. The highest BCUT2D eigenvalue weighted by Crippen LogP contribution is 2.41. The number of halogens is 1. The van der Waals surface area contributed by atoms with Gasteiger partial charge in [-0.1, -0.05) is 13.8 Å². The van der Waals surface area contributed by atoms with E-state index in [4.69, 9.17) is 0 Å². The van der Waals surface area contributed by atoms with Gasteiger partial charge in [0.2, 0.25) is 0 Å². The molecule has 1 aromatic rings. The van der Waals surface area contributed by atoms with Gasteiger partial charge in [0, 0.05) is 12.5 Å². The Labute approximate surface area is 84.1 Å². The average Bonchev–Trinajstić information content (AvgIpc) is 2.88. The molecule has 0 bridgehead atoms. The summed E-state index contributed by atoms with van der Waals surface area (Å²) in [6.45, 7) is 5.16. The molecule has 1 heterocycles. The van der Waals surface area contributed by atoms with E-state index in [1.807, 2.05) is 0 Å². The molecule has 1 saturated carbocycles. The Kier molecular flexibility index (Phi) is 2.57. The fourth-order valence-corrected chi connectivity index (χ4v) is 1.63. The molecule has 0 aromatic carbocycles. The molecule has 0 spiro atoms. The molecule has 0 saturated heterocycles. The summed E-state index contributed by atoms with van der Waals surface area (Å²) < 4.78 is 15.1. The maximum Gasteiger partial charge on any atom is 0.174 e. The number of nitrogens with zero attached hydrogens (tertiary/aromatic N) is 2. The summed E-state index contributed by atoms with van der Waals surface area (Å²) in [5.74, 6) is 0.812. The van der Waals surface area contributed by atoms with Crippen molar-refractivity contribution in [3.05, 3.63) is 17.7 Å². The second-order valence-electron chi connectivity index (χ2n) is 4.49. The van der Waals surface area contributed by atoms with Crippen LogP contribution in [0.25, 0.3) is 0 Å². The van der Waals surface area contributed by atoms with Crippen molar-refractivity contribution in [2.24, 2.45) is 5.92 Å². The minimum absolute atomic E-state index is 0.240. The summed E-state index contributed by atoms with van der Waals surface area (Å²) in [7, 11) is 0. The van der Waals surface area contributed by atoms with Gasteiger partial charge < -0.3 is 0 Å². The van der Waals surface area contributed by atoms with Crippen LogP contribution in [0.3, 0.4) is 0 Å². The zero-order chi connectivity index (χ0) is 10.1. The Morgan fingerprint density at radius 3 is 2.86 bits per heavy atom. The smallest absolute Gasteiger partial charge is 0.174 e. The van der Waals surface area contributed by atoms with Gasteiger partial charge in [-0.25, -0.2) is 4.39 Å². The Bertz CT molecular complexity index is 313. The predicted octanol–water partition coefficient (Wildman–Crippen LogP) is 2.75. The molecule has 0 unspecified atom stereocenters. The monoisotopic (exact) mass is 195 g/mol. The molecule has 1 radical (unpaired) electrons. The summed E-state index contributed by atoms with van der Waals surface area (Å²) in [5.41, 5.74) is 0.783. The highest BCUT2D eigenvalue weighted by atomic mass is 19.1. The lowest BCUT2D eigenvalue weighted by molar-refractivity contribution is 0.470. The minimum Gasteiger partial charge on any atom is -0.266 e. The SMILES string of the molecule is CC(C)CCn1n[c]c(F)c1C1CC1. The van der Waals surface area contributed by atoms with E-state index in [-0.39, 0.29) is 5.82 Å². The van der Waals surface area contributed by atoms with E-state index in [0.717, 1.165) is 31.5 Å². The third-order valence-corrected chi connectivity index (χ3v) is 2.65. The number of aromatic nitrogens is 2. The first-order valence-electron chi connectivity index (χ1n) is 5.32. The van der Waals surface area contributed by atoms with Crippen molar-refractivity contribution in [2.45, 2.75) is 45.6 Å². The topological polar surface area (TPSA) is 17.8 Å². The lowest BCUT2D eigenvalue weighted by atomic mass is 10.1. The van der Waals surface area contributed by atoms with Crippen molar-refractivity contribution in [1.29, 1.82) is 0 Å². The molecule has 2 nitrogen and oxygen atoms in total. The summed E-state index contributed by atoms with van der Waals surface area (Å²) in [5, 5.41) is 3.97. The minimum atomic E-state index is -0.240. The van der Waals surface area contributed by atoms with Crippen LogP contribution >= 0.6 is 0 Å². The number of aryl methyl sites for hydroxylation is 1. The summed E-state index contributed by atoms with van der Waals surface area (Å²) in [6, 6.07) is 0. The Hall–Kier alpha value is -0.860. The number of rotatable bonds is 4. The van der Waals surface area contributed by atoms with Crippen molar-refractivity contribution in [3.8, 4) is 0 Å². The van der Waals surface area contributed by atoms with Crippen LogP contribution in [-0.4, -0.2) is 9.78 Å². The van der Waals surface area contributed by atoms with Gasteiger partial charge in [-0.15, -0.1) is 0 Å². The number of hydrogen-bond acceptors (Lipinski definition) is 1. The molecule has 0 aliphatic heterocycles. The van der Waals surface area contributed by atoms with Gasteiger partial charge in [0.25, 0.3) is 0 Å². The van der Waals surface area contributed by atoms with Crippen LogP contribution < -0.4 is 0 Å². The highest BCUT2D eigenvalue weighted by Gasteiger charge is 2.30. The molecule has 77 valence electrons. The van der Waals surface area contributed by atoms with Crippen molar-refractivity contribution < 1.29 is 4.39 Å². The standard InChI is InChI=1S/C11H16FN2/c1-8(2)5-6-14-11(9-3-4-9)10(12)7-13-14/h8-9H,3-6H2,1-2H3. The molecule has 0 N–H and O–H groups in total. The average molecular weight is 195 g/mol. The molecular weight excluding hydrogens is 179 g/mol. The van der Waals surface area contributed by atoms with Crippen molar-refractivity contribution in [1.82, 2.24) is 9.78 Å². The normalized spacial score (nSPS) is 16.6. The maximum absolute atomic E-state index is 13.3. The van der Waals surface area contributed by atoms with Crippen LogP contribution in [0.15, 0.2) is 0 Å². The first kappa shape index (κ1) is 9.69. The second-order valence-corrected chi connectivity index (χ2v) is 4.49. The van der Waals surface area contributed by atoms with Crippen LogP contribution in [0.2, 0.25) is 0 Å². The van der Waals surface area contributed by atoms with Gasteiger partial charge in [-0.2, -0.15) is 5.10 Å². The summed E-state index contributed by atoms with van der Waals surface area (Å²) in [6.07, 6.45) is 5.70. The van der Waals surface area contributed by atoms with E-state index < -0.39 is 0 Å². The highest BCUT2D eigenvalue weighted by molar-refractivity contribution is 5.15. The quantitative estimate of drug-likeness (QED) is 0.722. The maximum atomic E-state index is 13.3. The van der Waals surface area contributed by atoms with Gasteiger partial charge in [0.1, 0.15) is 0 Å². The molecule has 3 heteroatoms. The lowest BCUT2D eigenvalue weighted by Crippen LogP contribution is -2.07. The van der Waals surface area contributed by atoms with Crippen molar-refractivity contribution in [3.63, 3.8) is 0 Å². The summed E-state index contributed by atoms with van der Waals surface area (Å²) >= 11 is 0. The van der Waals surface area contributed by atoms with Crippen LogP contribution in [-0.2, 0) is 6.54 Å².